The van der Waals surface area contributed by atoms with Crippen LogP contribution >= 0.6 is 0 Å². The van der Waals surface area contributed by atoms with Gasteiger partial charge in [0.25, 0.3) is 0 Å². The van der Waals surface area contributed by atoms with Gasteiger partial charge < -0.3 is 4.90 Å². The molecule has 0 heterocycles. The summed E-state index contributed by atoms with van der Waals surface area (Å²) in [5, 5.41) is 0. The summed E-state index contributed by atoms with van der Waals surface area (Å²) >= 11 is 0. The van der Waals surface area contributed by atoms with Gasteiger partial charge in [0.15, 0.2) is 0 Å². The van der Waals surface area contributed by atoms with Gasteiger partial charge in [0, 0.05) is 13.6 Å². The van der Waals surface area contributed by atoms with Crippen LogP contribution in [-0.4, -0.2) is 13.6 Å². The first-order chi connectivity index (χ1) is 6.66. The molecule has 1 fully saturated rings. The molecule has 2 rings (SSSR count). The van der Waals surface area contributed by atoms with Gasteiger partial charge in [0.05, 0.1) is 5.69 Å². The number of rotatable bonds is 3. The van der Waals surface area contributed by atoms with Crippen molar-refractivity contribution in [2.45, 2.75) is 19.8 Å². The summed E-state index contributed by atoms with van der Waals surface area (Å²) < 4.78 is 13.4. The Morgan fingerprint density at radius 2 is 2.14 bits per heavy atom. The summed E-state index contributed by atoms with van der Waals surface area (Å²) in [5.74, 6) is 0.679. The maximum Gasteiger partial charge on any atom is 0.146 e. The Kier molecular flexibility index (Phi) is 2.44. The van der Waals surface area contributed by atoms with Gasteiger partial charge in [0.1, 0.15) is 5.82 Å². The molecule has 0 N–H and O–H groups in total. The first-order valence-electron chi connectivity index (χ1n) is 5.14. The molecule has 1 aliphatic rings. The second kappa shape index (κ2) is 3.60. The van der Waals surface area contributed by atoms with E-state index in [-0.39, 0.29) is 5.82 Å². The van der Waals surface area contributed by atoms with Gasteiger partial charge >= 0.3 is 0 Å². The average molecular weight is 193 g/mol. The fourth-order valence-electron chi connectivity index (χ4n) is 1.70. The van der Waals surface area contributed by atoms with Crippen molar-refractivity contribution in [3.05, 3.63) is 29.6 Å². The van der Waals surface area contributed by atoms with E-state index in [1.165, 1.54) is 12.8 Å². The number of halogens is 1. The third-order valence-electron chi connectivity index (χ3n) is 2.74. The van der Waals surface area contributed by atoms with Crippen molar-refractivity contribution in [1.82, 2.24) is 0 Å². The summed E-state index contributed by atoms with van der Waals surface area (Å²) in [6.07, 6.45) is 2.61. The van der Waals surface area contributed by atoms with Crippen LogP contribution in [0, 0.1) is 18.7 Å². The topological polar surface area (TPSA) is 3.24 Å². The molecule has 0 radical (unpaired) electrons. The highest BCUT2D eigenvalue weighted by molar-refractivity contribution is 5.49. The lowest BCUT2D eigenvalue weighted by Gasteiger charge is -2.20. The van der Waals surface area contributed by atoms with Crippen molar-refractivity contribution in [2.24, 2.45) is 5.92 Å². The smallest absolute Gasteiger partial charge is 0.146 e. The van der Waals surface area contributed by atoms with Gasteiger partial charge in [-0.1, -0.05) is 6.07 Å². The first-order valence-corrected chi connectivity index (χ1v) is 5.14. The van der Waals surface area contributed by atoms with Crippen molar-refractivity contribution in [2.75, 3.05) is 18.5 Å². The predicted molar refractivity (Wildman–Crippen MR) is 57.1 cm³/mol. The second-order valence-electron chi connectivity index (χ2n) is 4.28. The third kappa shape index (κ3) is 2.06. The van der Waals surface area contributed by atoms with Crippen LogP contribution in [0.2, 0.25) is 0 Å². The molecule has 1 saturated carbocycles. The van der Waals surface area contributed by atoms with Crippen LogP contribution in [0.3, 0.4) is 0 Å². The molecule has 76 valence electrons. The van der Waals surface area contributed by atoms with E-state index >= 15 is 0 Å². The number of hydrogen-bond acceptors (Lipinski definition) is 1. The quantitative estimate of drug-likeness (QED) is 0.713. The standard InChI is InChI=1S/C12H16FN/c1-9-3-6-11(13)12(7-9)14(2)8-10-4-5-10/h3,6-7,10H,4-5,8H2,1-2H3. The highest BCUT2D eigenvalue weighted by atomic mass is 19.1. The maximum atomic E-state index is 13.4. The van der Waals surface area contributed by atoms with E-state index in [0.29, 0.717) is 0 Å². The number of aryl methyl sites for hydroxylation is 1. The predicted octanol–water partition coefficient (Wildman–Crippen LogP) is 2.98. The maximum absolute atomic E-state index is 13.4. The number of nitrogens with zero attached hydrogens (tertiary/aromatic N) is 1. The van der Waals surface area contributed by atoms with Gasteiger partial charge in [-0.25, -0.2) is 4.39 Å². The van der Waals surface area contributed by atoms with Crippen molar-refractivity contribution in [3.63, 3.8) is 0 Å². The molecule has 0 spiro atoms. The summed E-state index contributed by atoms with van der Waals surface area (Å²) in [7, 11) is 1.97. The van der Waals surface area contributed by atoms with Crippen LogP contribution in [0.15, 0.2) is 18.2 Å². The number of anilines is 1. The Bertz CT molecular complexity index is 331. The minimum absolute atomic E-state index is 0.112. The molecule has 0 atom stereocenters. The van der Waals surface area contributed by atoms with E-state index in [9.17, 15) is 4.39 Å². The Hall–Kier alpha value is -1.05. The van der Waals surface area contributed by atoms with Crippen molar-refractivity contribution in [3.8, 4) is 0 Å². The zero-order chi connectivity index (χ0) is 10.1. The van der Waals surface area contributed by atoms with E-state index in [2.05, 4.69) is 0 Å². The summed E-state index contributed by atoms with van der Waals surface area (Å²) in [4.78, 5) is 2.03. The molecule has 0 saturated heterocycles. The lowest BCUT2D eigenvalue weighted by molar-refractivity contribution is 0.619. The van der Waals surface area contributed by atoms with E-state index in [1.54, 1.807) is 6.07 Å². The largest absolute Gasteiger partial charge is 0.372 e. The van der Waals surface area contributed by atoms with Crippen molar-refractivity contribution in [1.29, 1.82) is 0 Å². The lowest BCUT2D eigenvalue weighted by Crippen LogP contribution is -2.21. The Balaban J connectivity index is 2.15. The van der Waals surface area contributed by atoms with Crippen LogP contribution < -0.4 is 4.90 Å². The molecule has 14 heavy (non-hydrogen) atoms. The van der Waals surface area contributed by atoms with E-state index < -0.39 is 0 Å². The molecule has 1 aliphatic carbocycles. The number of benzene rings is 1. The molecule has 1 nitrogen and oxygen atoms in total. The van der Waals surface area contributed by atoms with Gasteiger partial charge in [-0.05, 0) is 43.4 Å². The minimum Gasteiger partial charge on any atom is -0.372 e. The molecule has 0 bridgehead atoms. The lowest BCUT2D eigenvalue weighted by atomic mass is 10.2. The van der Waals surface area contributed by atoms with Crippen molar-refractivity contribution >= 4 is 5.69 Å². The summed E-state index contributed by atoms with van der Waals surface area (Å²) in [6, 6.07) is 5.27. The molecule has 0 aliphatic heterocycles. The number of hydrogen-bond donors (Lipinski definition) is 0. The Labute approximate surface area is 84.5 Å². The van der Waals surface area contributed by atoms with Crippen molar-refractivity contribution < 1.29 is 4.39 Å². The Morgan fingerprint density at radius 3 is 2.79 bits per heavy atom. The van der Waals surface area contributed by atoms with Crippen LogP contribution in [0.25, 0.3) is 0 Å². The monoisotopic (exact) mass is 193 g/mol. The minimum atomic E-state index is -0.112. The molecular weight excluding hydrogens is 177 g/mol. The highest BCUT2D eigenvalue weighted by Crippen LogP contribution is 2.31. The van der Waals surface area contributed by atoms with E-state index in [4.69, 9.17) is 0 Å². The third-order valence-corrected chi connectivity index (χ3v) is 2.74. The fourth-order valence-corrected chi connectivity index (χ4v) is 1.70. The van der Waals surface area contributed by atoms with Crippen LogP contribution in [0.4, 0.5) is 10.1 Å². The zero-order valence-corrected chi connectivity index (χ0v) is 8.76. The summed E-state index contributed by atoms with van der Waals surface area (Å²) in [5.41, 5.74) is 1.85. The molecule has 0 amide bonds. The Morgan fingerprint density at radius 1 is 1.43 bits per heavy atom. The summed E-state index contributed by atoms with van der Waals surface area (Å²) in [6.45, 7) is 2.98. The molecule has 0 unspecified atom stereocenters. The van der Waals surface area contributed by atoms with E-state index in [0.717, 1.165) is 23.7 Å². The SMILES string of the molecule is Cc1ccc(F)c(N(C)CC2CC2)c1. The molecular formula is C12H16FN. The molecule has 2 heteroatoms. The molecule has 1 aromatic carbocycles. The van der Waals surface area contributed by atoms with Gasteiger partial charge in [0.2, 0.25) is 0 Å². The zero-order valence-electron chi connectivity index (χ0n) is 8.76. The first kappa shape index (κ1) is 9.50. The molecule has 1 aromatic rings. The van der Waals surface area contributed by atoms with Gasteiger partial charge in [-0.15, -0.1) is 0 Å². The fraction of sp³-hybridized carbons (Fsp3) is 0.500. The van der Waals surface area contributed by atoms with Crippen LogP contribution in [-0.2, 0) is 0 Å². The van der Waals surface area contributed by atoms with Crippen LogP contribution in [0.1, 0.15) is 18.4 Å². The average Bonchev–Trinajstić information content (AvgIpc) is 2.93. The van der Waals surface area contributed by atoms with Crippen LogP contribution in [0.5, 0.6) is 0 Å². The van der Waals surface area contributed by atoms with Gasteiger partial charge in [-0.2, -0.15) is 0 Å². The second-order valence-corrected chi connectivity index (χ2v) is 4.28. The molecule has 0 aromatic heterocycles. The highest BCUT2D eigenvalue weighted by Gasteiger charge is 2.23. The van der Waals surface area contributed by atoms with Gasteiger partial charge in [-0.3, -0.25) is 0 Å². The normalized spacial score (nSPS) is 15.6. The van der Waals surface area contributed by atoms with E-state index in [1.807, 2.05) is 31.0 Å².